The number of carbonyl (C=O) groups excluding carboxylic acids is 1. The molecule has 0 aliphatic rings. The second kappa shape index (κ2) is 5.50. The van der Waals surface area contributed by atoms with Gasteiger partial charge >= 0.3 is 5.97 Å². The highest BCUT2D eigenvalue weighted by molar-refractivity contribution is 6.31. The van der Waals surface area contributed by atoms with Gasteiger partial charge in [-0.3, -0.25) is 0 Å². The number of rotatable bonds is 3. The molecular weight excluding hydrogens is 292 g/mol. The van der Waals surface area contributed by atoms with Gasteiger partial charge in [0.25, 0.3) is 0 Å². The highest BCUT2D eigenvalue weighted by Crippen LogP contribution is 2.28. The van der Waals surface area contributed by atoms with Crippen LogP contribution in [0, 0.1) is 0 Å². The molecule has 0 N–H and O–H groups in total. The summed E-state index contributed by atoms with van der Waals surface area (Å²) in [6.07, 6.45) is 0. The predicted octanol–water partition coefficient (Wildman–Crippen LogP) is 4.31. The Labute approximate surface area is 125 Å². The van der Waals surface area contributed by atoms with Crippen LogP contribution in [0.25, 0.3) is 11.0 Å². The predicted molar refractivity (Wildman–Crippen MR) is 79.2 cm³/mol. The van der Waals surface area contributed by atoms with Crippen molar-refractivity contribution in [1.29, 1.82) is 0 Å². The van der Waals surface area contributed by atoms with E-state index in [1.54, 1.807) is 48.5 Å². The van der Waals surface area contributed by atoms with Crippen LogP contribution in [0.4, 0.5) is 0 Å². The minimum atomic E-state index is -0.591. The van der Waals surface area contributed by atoms with E-state index in [0.29, 0.717) is 22.1 Å². The fraction of sp³-hybridized carbons (Fsp3) is 0.0625. The molecule has 0 saturated carbocycles. The molecule has 3 aromatic rings. The summed E-state index contributed by atoms with van der Waals surface area (Å²) in [4.78, 5) is 12.1. The summed E-state index contributed by atoms with van der Waals surface area (Å²) in [6, 6.07) is 13.6. The van der Waals surface area contributed by atoms with Gasteiger partial charge in [-0.15, -0.1) is 0 Å². The van der Waals surface area contributed by atoms with Gasteiger partial charge in [0.2, 0.25) is 5.76 Å². The van der Waals surface area contributed by atoms with Crippen molar-refractivity contribution in [2.24, 2.45) is 0 Å². The van der Waals surface area contributed by atoms with E-state index in [-0.39, 0.29) is 5.76 Å². The van der Waals surface area contributed by atoms with Crippen molar-refractivity contribution in [2.45, 2.75) is 0 Å². The normalized spacial score (nSPS) is 10.6. The molecule has 5 heteroatoms. The van der Waals surface area contributed by atoms with Crippen LogP contribution in [0.3, 0.4) is 0 Å². The van der Waals surface area contributed by atoms with Gasteiger partial charge in [-0.1, -0.05) is 23.7 Å². The number of benzene rings is 2. The van der Waals surface area contributed by atoms with E-state index in [1.165, 1.54) is 7.11 Å². The minimum Gasteiger partial charge on any atom is -0.493 e. The molecule has 4 nitrogen and oxygen atoms in total. The van der Waals surface area contributed by atoms with Gasteiger partial charge in [-0.05, 0) is 36.4 Å². The first-order valence-electron chi connectivity index (χ1n) is 6.21. The molecular formula is C16H11ClO4. The molecule has 0 amide bonds. The van der Waals surface area contributed by atoms with Gasteiger partial charge in [-0.2, -0.15) is 0 Å². The molecule has 0 aliphatic carbocycles. The topological polar surface area (TPSA) is 48.7 Å². The number of halogens is 1. The third-order valence-corrected chi connectivity index (χ3v) is 3.19. The molecule has 106 valence electrons. The molecule has 0 unspecified atom stereocenters. The molecule has 0 spiro atoms. The molecule has 21 heavy (non-hydrogen) atoms. The summed E-state index contributed by atoms with van der Waals surface area (Å²) in [5.41, 5.74) is 0.575. The lowest BCUT2D eigenvalue weighted by Gasteiger charge is -2.07. The van der Waals surface area contributed by atoms with Crippen molar-refractivity contribution in [1.82, 2.24) is 0 Å². The zero-order valence-electron chi connectivity index (χ0n) is 11.1. The van der Waals surface area contributed by atoms with E-state index >= 15 is 0 Å². The standard InChI is InChI=1S/C16H11ClO4/c1-19-13-4-2-3-5-14(13)21-16(18)15-9-10-8-11(17)6-7-12(10)20-15/h2-9H,1H3. The highest BCUT2D eigenvalue weighted by atomic mass is 35.5. The first kappa shape index (κ1) is 13.5. The van der Waals surface area contributed by atoms with Crippen LogP contribution in [-0.2, 0) is 0 Å². The van der Waals surface area contributed by atoms with E-state index < -0.39 is 5.97 Å². The zero-order chi connectivity index (χ0) is 14.8. The Morgan fingerprint density at radius 3 is 2.62 bits per heavy atom. The Morgan fingerprint density at radius 1 is 1.10 bits per heavy atom. The monoisotopic (exact) mass is 302 g/mol. The molecule has 1 aromatic heterocycles. The second-order valence-electron chi connectivity index (χ2n) is 4.33. The number of hydrogen-bond acceptors (Lipinski definition) is 4. The molecule has 0 fully saturated rings. The Kier molecular flexibility index (Phi) is 3.54. The molecule has 3 rings (SSSR count). The number of ether oxygens (including phenoxy) is 2. The summed E-state index contributed by atoms with van der Waals surface area (Å²) in [5, 5.41) is 1.32. The third kappa shape index (κ3) is 2.71. The quantitative estimate of drug-likeness (QED) is 0.534. The van der Waals surface area contributed by atoms with Crippen LogP contribution in [0.5, 0.6) is 11.5 Å². The summed E-state index contributed by atoms with van der Waals surface area (Å²) in [6.45, 7) is 0. The van der Waals surface area contributed by atoms with Gasteiger partial charge in [0.15, 0.2) is 11.5 Å². The van der Waals surface area contributed by atoms with E-state index in [2.05, 4.69) is 0 Å². The zero-order valence-corrected chi connectivity index (χ0v) is 11.9. The van der Waals surface area contributed by atoms with Crippen LogP contribution in [-0.4, -0.2) is 13.1 Å². The maximum absolute atomic E-state index is 12.1. The minimum absolute atomic E-state index is 0.109. The SMILES string of the molecule is COc1ccccc1OC(=O)c1cc2cc(Cl)ccc2o1. The Hall–Kier alpha value is -2.46. The van der Waals surface area contributed by atoms with E-state index in [0.717, 1.165) is 5.39 Å². The molecule has 0 bridgehead atoms. The Balaban J connectivity index is 1.90. The van der Waals surface area contributed by atoms with Crippen molar-refractivity contribution in [2.75, 3.05) is 7.11 Å². The Bertz CT molecular complexity index is 807. The van der Waals surface area contributed by atoms with Crippen molar-refractivity contribution >= 4 is 28.5 Å². The largest absolute Gasteiger partial charge is 0.493 e. The van der Waals surface area contributed by atoms with Crippen molar-refractivity contribution in [3.05, 3.63) is 59.3 Å². The third-order valence-electron chi connectivity index (χ3n) is 2.95. The smallest absolute Gasteiger partial charge is 0.379 e. The van der Waals surface area contributed by atoms with Crippen LogP contribution < -0.4 is 9.47 Å². The van der Waals surface area contributed by atoms with Crippen LogP contribution in [0.2, 0.25) is 5.02 Å². The summed E-state index contributed by atoms with van der Waals surface area (Å²) in [7, 11) is 1.51. The molecule has 0 atom stereocenters. The fourth-order valence-electron chi connectivity index (χ4n) is 1.97. The van der Waals surface area contributed by atoms with E-state index in [1.807, 2.05) is 0 Å². The maximum atomic E-state index is 12.1. The number of furan rings is 1. The summed E-state index contributed by atoms with van der Waals surface area (Å²) in [5.74, 6) is 0.332. The van der Waals surface area contributed by atoms with Crippen molar-refractivity contribution in [3.8, 4) is 11.5 Å². The maximum Gasteiger partial charge on any atom is 0.379 e. The van der Waals surface area contributed by atoms with Crippen molar-refractivity contribution in [3.63, 3.8) is 0 Å². The highest BCUT2D eigenvalue weighted by Gasteiger charge is 2.16. The van der Waals surface area contributed by atoms with Gasteiger partial charge in [-0.25, -0.2) is 4.79 Å². The van der Waals surface area contributed by atoms with E-state index in [9.17, 15) is 4.79 Å². The number of para-hydroxylation sites is 2. The first-order chi connectivity index (χ1) is 10.2. The molecule has 0 radical (unpaired) electrons. The van der Waals surface area contributed by atoms with Gasteiger partial charge < -0.3 is 13.9 Å². The average molecular weight is 303 g/mol. The lowest BCUT2D eigenvalue weighted by molar-refractivity contribution is 0.0699. The lowest BCUT2D eigenvalue weighted by atomic mass is 10.2. The lowest BCUT2D eigenvalue weighted by Crippen LogP contribution is -2.07. The number of esters is 1. The van der Waals surface area contributed by atoms with Crippen LogP contribution in [0.1, 0.15) is 10.6 Å². The van der Waals surface area contributed by atoms with Crippen molar-refractivity contribution < 1.29 is 18.7 Å². The van der Waals surface area contributed by atoms with Crippen LogP contribution in [0.15, 0.2) is 52.9 Å². The van der Waals surface area contributed by atoms with Gasteiger partial charge in [0.05, 0.1) is 7.11 Å². The number of carbonyl (C=O) groups is 1. The first-order valence-corrected chi connectivity index (χ1v) is 6.59. The molecule has 2 aromatic carbocycles. The fourth-order valence-corrected chi connectivity index (χ4v) is 2.15. The number of methoxy groups -OCH3 is 1. The van der Waals surface area contributed by atoms with Gasteiger partial charge in [0.1, 0.15) is 5.58 Å². The number of hydrogen-bond donors (Lipinski definition) is 0. The molecule has 0 aliphatic heterocycles. The molecule has 0 saturated heterocycles. The molecule has 1 heterocycles. The van der Waals surface area contributed by atoms with Crippen LogP contribution >= 0.6 is 11.6 Å². The Morgan fingerprint density at radius 2 is 1.86 bits per heavy atom. The van der Waals surface area contributed by atoms with E-state index in [4.69, 9.17) is 25.5 Å². The number of fused-ring (bicyclic) bond motifs is 1. The summed E-state index contributed by atoms with van der Waals surface area (Å²) < 4.78 is 15.9. The summed E-state index contributed by atoms with van der Waals surface area (Å²) >= 11 is 5.90. The second-order valence-corrected chi connectivity index (χ2v) is 4.77. The van der Waals surface area contributed by atoms with Gasteiger partial charge in [0, 0.05) is 10.4 Å². The average Bonchev–Trinajstić information content (AvgIpc) is 2.91.